The van der Waals surface area contributed by atoms with Crippen LogP contribution in [0.2, 0.25) is 0 Å². The van der Waals surface area contributed by atoms with E-state index in [0.29, 0.717) is 19.5 Å². The van der Waals surface area contributed by atoms with Crippen molar-refractivity contribution in [1.29, 1.82) is 0 Å². The Hall–Kier alpha value is -2.37. The molecule has 2 atom stereocenters. The summed E-state index contributed by atoms with van der Waals surface area (Å²) in [6.07, 6.45) is 5.95. The molecule has 1 aromatic rings. The third kappa shape index (κ3) is 4.87. The Balaban J connectivity index is 1.60. The zero-order chi connectivity index (χ0) is 19.2. The van der Waals surface area contributed by atoms with E-state index < -0.39 is 12.1 Å². The zero-order valence-corrected chi connectivity index (χ0v) is 15.9. The van der Waals surface area contributed by atoms with Gasteiger partial charge in [0.15, 0.2) is 0 Å². The summed E-state index contributed by atoms with van der Waals surface area (Å²) in [5.74, 6) is -0.250. The maximum atomic E-state index is 13.1. The monoisotopic (exact) mass is 371 g/mol. The van der Waals surface area contributed by atoms with Crippen LogP contribution >= 0.6 is 0 Å². The Morgan fingerprint density at radius 1 is 1.07 bits per heavy atom. The van der Waals surface area contributed by atoms with E-state index in [1.165, 1.54) is 13.3 Å². The quantitative estimate of drug-likeness (QED) is 0.803. The fourth-order valence-corrected chi connectivity index (χ4v) is 4.07. The lowest BCUT2D eigenvalue weighted by Crippen LogP contribution is -2.63. The van der Waals surface area contributed by atoms with Crippen molar-refractivity contribution in [2.75, 3.05) is 6.54 Å². The lowest BCUT2D eigenvalue weighted by atomic mass is 9.82. The maximum absolute atomic E-state index is 13.1. The van der Waals surface area contributed by atoms with Crippen molar-refractivity contribution in [2.45, 2.75) is 64.1 Å². The molecule has 3 rings (SSSR count). The van der Waals surface area contributed by atoms with Gasteiger partial charge < -0.3 is 15.5 Å². The smallest absolute Gasteiger partial charge is 0.246 e. The number of nitrogens with one attached hydrogen (secondary N) is 2. The summed E-state index contributed by atoms with van der Waals surface area (Å²) >= 11 is 0. The van der Waals surface area contributed by atoms with Crippen LogP contribution in [0.5, 0.6) is 0 Å². The first-order chi connectivity index (χ1) is 13.1. The Bertz CT molecular complexity index is 671. The van der Waals surface area contributed by atoms with Crippen molar-refractivity contribution >= 4 is 17.7 Å². The molecule has 1 heterocycles. The van der Waals surface area contributed by atoms with E-state index in [4.69, 9.17) is 0 Å². The largest absolute Gasteiger partial charge is 0.350 e. The van der Waals surface area contributed by atoms with E-state index in [1.807, 2.05) is 30.3 Å². The molecule has 1 aliphatic carbocycles. The van der Waals surface area contributed by atoms with Gasteiger partial charge in [0.05, 0.1) is 0 Å². The number of nitrogens with zero attached hydrogens (tertiary/aromatic N) is 1. The Morgan fingerprint density at radius 3 is 2.37 bits per heavy atom. The minimum atomic E-state index is -0.507. The average molecular weight is 371 g/mol. The predicted molar refractivity (Wildman–Crippen MR) is 103 cm³/mol. The highest BCUT2D eigenvalue weighted by molar-refractivity contribution is 5.93. The molecule has 1 aliphatic heterocycles. The molecule has 1 aromatic carbocycles. The third-order valence-electron chi connectivity index (χ3n) is 5.66. The Kier molecular flexibility index (Phi) is 6.48. The van der Waals surface area contributed by atoms with Gasteiger partial charge in [-0.1, -0.05) is 49.6 Å². The van der Waals surface area contributed by atoms with Gasteiger partial charge in [-0.3, -0.25) is 14.4 Å². The number of benzene rings is 1. The molecule has 2 aliphatic rings. The average Bonchev–Trinajstić information content (AvgIpc) is 2.65. The molecule has 0 aromatic heterocycles. The molecule has 0 radical (unpaired) electrons. The highest BCUT2D eigenvalue weighted by Crippen LogP contribution is 2.29. The minimum absolute atomic E-state index is 0.108. The fraction of sp³-hybridized carbons (Fsp3) is 0.571. The van der Waals surface area contributed by atoms with Gasteiger partial charge in [0.1, 0.15) is 12.1 Å². The summed E-state index contributed by atoms with van der Waals surface area (Å²) in [6.45, 7) is 2.48. The van der Waals surface area contributed by atoms with Crippen LogP contribution in [0.25, 0.3) is 0 Å². The summed E-state index contributed by atoms with van der Waals surface area (Å²) in [5, 5.41) is 5.78. The minimum Gasteiger partial charge on any atom is -0.350 e. The lowest BCUT2D eigenvalue weighted by molar-refractivity contribution is -0.151. The van der Waals surface area contributed by atoms with Gasteiger partial charge in [-0.2, -0.15) is 0 Å². The highest BCUT2D eigenvalue weighted by atomic mass is 16.2. The van der Waals surface area contributed by atoms with E-state index in [-0.39, 0.29) is 23.6 Å². The molecular weight excluding hydrogens is 342 g/mol. The number of rotatable bonds is 6. The first-order valence-electron chi connectivity index (χ1n) is 9.95. The van der Waals surface area contributed by atoms with E-state index in [0.717, 1.165) is 31.2 Å². The molecule has 1 saturated carbocycles. The number of hydrogen-bond donors (Lipinski definition) is 2. The fourth-order valence-electron chi connectivity index (χ4n) is 4.07. The molecule has 0 unspecified atom stereocenters. The molecule has 0 bridgehead atoms. The second-order valence-electron chi connectivity index (χ2n) is 7.62. The normalized spacial score (nSPS) is 21.1. The van der Waals surface area contributed by atoms with Crippen LogP contribution in [0.4, 0.5) is 0 Å². The number of carbonyl (C=O) groups excluding carboxylic acids is 3. The van der Waals surface area contributed by atoms with Gasteiger partial charge in [0, 0.05) is 20.0 Å². The first kappa shape index (κ1) is 19.4. The zero-order valence-electron chi connectivity index (χ0n) is 15.9. The summed E-state index contributed by atoms with van der Waals surface area (Å²) in [4.78, 5) is 38.9. The van der Waals surface area contributed by atoms with Crippen LogP contribution in [-0.2, 0) is 20.9 Å². The predicted octanol–water partition coefficient (Wildman–Crippen LogP) is 1.99. The Morgan fingerprint density at radius 2 is 1.78 bits per heavy atom. The molecule has 1 saturated heterocycles. The van der Waals surface area contributed by atoms with E-state index in [1.54, 1.807) is 4.90 Å². The van der Waals surface area contributed by atoms with Crippen LogP contribution < -0.4 is 10.6 Å². The molecule has 2 fully saturated rings. The van der Waals surface area contributed by atoms with E-state index in [2.05, 4.69) is 10.6 Å². The molecule has 27 heavy (non-hydrogen) atoms. The molecule has 2 N–H and O–H groups in total. The number of hydrogen-bond acceptors (Lipinski definition) is 3. The SMILES string of the molecule is CC(=O)N[C@@H](C(=O)N1CC[C@H]1C(=O)NCc1ccccc1)C1CCCCC1. The Labute approximate surface area is 160 Å². The number of carbonyl (C=O) groups is 3. The van der Waals surface area contributed by atoms with Crippen molar-refractivity contribution < 1.29 is 14.4 Å². The van der Waals surface area contributed by atoms with Gasteiger partial charge in [-0.15, -0.1) is 0 Å². The van der Waals surface area contributed by atoms with Gasteiger partial charge >= 0.3 is 0 Å². The van der Waals surface area contributed by atoms with Gasteiger partial charge in [-0.25, -0.2) is 0 Å². The summed E-state index contributed by atoms with van der Waals surface area (Å²) < 4.78 is 0. The van der Waals surface area contributed by atoms with Gasteiger partial charge in [0.25, 0.3) is 0 Å². The number of likely N-dealkylation sites (tertiary alicyclic amines) is 1. The van der Waals surface area contributed by atoms with Crippen molar-refractivity contribution in [3.8, 4) is 0 Å². The maximum Gasteiger partial charge on any atom is 0.246 e. The summed E-state index contributed by atoms with van der Waals surface area (Å²) in [7, 11) is 0. The van der Waals surface area contributed by atoms with Crippen LogP contribution in [0.15, 0.2) is 30.3 Å². The van der Waals surface area contributed by atoms with Gasteiger partial charge in [-0.05, 0) is 30.7 Å². The standard InChI is InChI=1S/C21H29N3O3/c1-15(25)23-19(17-10-6-3-7-11-17)21(27)24-13-12-18(24)20(26)22-14-16-8-4-2-5-9-16/h2,4-5,8-9,17-19H,3,6-7,10-14H2,1H3,(H,22,26)(H,23,25)/t18-,19+/m0/s1. The molecule has 3 amide bonds. The van der Waals surface area contributed by atoms with Gasteiger partial charge in [0.2, 0.25) is 17.7 Å². The topological polar surface area (TPSA) is 78.5 Å². The van der Waals surface area contributed by atoms with Crippen LogP contribution in [-0.4, -0.2) is 41.2 Å². The first-order valence-corrected chi connectivity index (χ1v) is 9.95. The summed E-state index contributed by atoms with van der Waals surface area (Å²) in [5.41, 5.74) is 1.03. The molecular formula is C21H29N3O3. The van der Waals surface area contributed by atoms with Crippen LogP contribution in [0.3, 0.4) is 0 Å². The molecule has 0 spiro atoms. The summed E-state index contributed by atoms with van der Waals surface area (Å²) in [6, 6.07) is 8.78. The van der Waals surface area contributed by atoms with Crippen molar-refractivity contribution in [3.05, 3.63) is 35.9 Å². The molecule has 6 heteroatoms. The van der Waals surface area contributed by atoms with Crippen molar-refractivity contribution in [1.82, 2.24) is 15.5 Å². The second kappa shape index (κ2) is 9.02. The van der Waals surface area contributed by atoms with Crippen molar-refractivity contribution in [3.63, 3.8) is 0 Å². The number of amides is 3. The van der Waals surface area contributed by atoms with E-state index in [9.17, 15) is 14.4 Å². The highest BCUT2D eigenvalue weighted by Gasteiger charge is 2.42. The van der Waals surface area contributed by atoms with Crippen LogP contribution in [0, 0.1) is 5.92 Å². The third-order valence-corrected chi connectivity index (χ3v) is 5.66. The molecule has 6 nitrogen and oxygen atoms in total. The molecule has 146 valence electrons. The lowest BCUT2D eigenvalue weighted by Gasteiger charge is -2.43. The van der Waals surface area contributed by atoms with Crippen molar-refractivity contribution in [2.24, 2.45) is 5.92 Å². The van der Waals surface area contributed by atoms with Crippen LogP contribution in [0.1, 0.15) is 51.0 Å². The van der Waals surface area contributed by atoms with E-state index >= 15 is 0 Å². The second-order valence-corrected chi connectivity index (χ2v) is 7.62.